The lowest BCUT2D eigenvalue weighted by Gasteiger charge is -2.00. The molecule has 0 spiro atoms. The highest BCUT2D eigenvalue weighted by molar-refractivity contribution is 7.13. The molecule has 0 saturated carbocycles. The van der Waals surface area contributed by atoms with E-state index in [0.29, 0.717) is 17.1 Å². The Balaban J connectivity index is 2.32. The topological polar surface area (TPSA) is 76.7 Å². The Morgan fingerprint density at radius 3 is 2.95 bits per heavy atom. The van der Waals surface area contributed by atoms with Gasteiger partial charge in [-0.3, -0.25) is 9.48 Å². The van der Waals surface area contributed by atoms with Crippen molar-refractivity contribution >= 4 is 17.2 Å². The summed E-state index contributed by atoms with van der Waals surface area (Å²) in [5.41, 5.74) is 7.96. The normalized spacial score (nSPS) is 10.8. The van der Waals surface area contributed by atoms with Crippen molar-refractivity contribution in [2.45, 2.75) is 0 Å². The number of rotatable bonds is 2. The zero-order valence-electron chi connectivity index (χ0n) is 10.3. The van der Waals surface area contributed by atoms with E-state index in [1.165, 1.54) is 6.07 Å². The molecule has 0 unspecified atom stereocenters. The number of H-pyrrole nitrogens is 1. The molecular weight excluding hydrogens is 260 g/mol. The average molecular weight is 272 g/mol. The van der Waals surface area contributed by atoms with E-state index < -0.39 is 0 Å². The van der Waals surface area contributed by atoms with Crippen LogP contribution in [0, 0.1) is 0 Å². The Bertz CT molecular complexity index is 770. The van der Waals surface area contributed by atoms with Gasteiger partial charge < -0.3 is 10.7 Å². The molecule has 3 aromatic heterocycles. The van der Waals surface area contributed by atoms with E-state index >= 15 is 0 Å². The average Bonchev–Trinajstić information content (AvgIpc) is 3.00. The third-order valence-corrected chi connectivity index (χ3v) is 3.83. The van der Waals surface area contributed by atoms with Crippen LogP contribution in [-0.4, -0.2) is 14.8 Å². The van der Waals surface area contributed by atoms with Gasteiger partial charge in [0.05, 0.1) is 11.1 Å². The van der Waals surface area contributed by atoms with Crippen LogP contribution in [0.25, 0.3) is 21.7 Å². The first-order valence-corrected chi connectivity index (χ1v) is 6.60. The molecule has 0 bridgehead atoms. The fourth-order valence-corrected chi connectivity index (χ4v) is 2.77. The van der Waals surface area contributed by atoms with Crippen LogP contribution in [0.2, 0.25) is 0 Å². The number of aryl methyl sites for hydroxylation is 1. The van der Waals surface area contributed by atoms with Crippen LogP contribution in [0.15, 0.2) is 40.8 Å². The lowest BCUT2D eigenvalue weighted by atomic mass is 10.1. The molecule has 0 atom stereocenters. The highest BCUT2D eigenvalue weighted by atomic mass is 32.1. The number of anilines is 1. The summed E-state index contributed by atoms with van der Waals surface area (Å²) in [6.45, 7) is 0. The SMILES string of the molecule is Cn1nc(-c2c[nH]ccc2=O)c(-c2cccs2)c1N. The quantitative estimate of drug-likeness (QED) is 0.750. The number of aromatic nitrogens is 3. The third-order valence-electron chi connectivity index (χ3n) is 2.94. The lowest BCUT2D eigenvalue weighted by molar-refractivity contribution is 0.782. The van der Waals surface area contributed by atoms with Gasteiger partial charge in [-0.25, -0.2) is 0 Å². The summed E-state index contributed by atoms with van der Waals surface area (Å²) < 4.78 is 1.59. The van der Waals surface area contributed by atoms with Gasteiger partial charge in [0.1, 0.15) is 11.5 Å². The van der Waals surface area contributed by atoms with Gasteiger partial charge in [0, 0.05) is 30.4 Å². The Labute approximate surface area is 113 Å². The maximum absolute atomic E-state index is 12.0. The summed E-state index contributed by atoms with van der Waals surface area (Å²) >= 11 is 1.57. The van der Waals surface area contributed by atoms with E-state index in [-0.39, 0.29) is 5.43 Å². The molecule has 19 heavy (non-hydrogen) atoms. The summed E-state index contributed by atoms with van der Waals surface area (Å²) in [4.78, 5) is 15.9. The minimum absolute atomic E-state index is 0.0744. The lowest BCUT2D eigenvalue weighted by Crippen LogP contribution is -2.04. The largest absolute Gasteiger partial charge is 0.383 e. The molecule has 96 valence electrons. The van der Waals surface area contributed by atoms with E-state index in [1.54, 1.807) is 35.5 Å². The monoisotopic (exact) mass is 272 g/mol. The first-order chi connectivity index (χ1) is 9.18. The number of hydrogen-bond donors (Lipinski definition) is 2. The molecular formula is C13H12N4OS. The summed E-state index contributed by atoms with van der Waals surface area (Å²) in [5, 5.41) is 6.35. The van der Waals surface area contributed by atoms with Gasteiger partial charge in [0.25, 0.3) is 0 Å². The second-order valence-corrected chi connectivity index (χ2v) is 5.08. The number of nitrogens with two attached hydrogens (primary N) is 1. The van der Waals surface area contributed by atoms with E-state index in [1.807, 2.05) is 17.5 Å². The molecule has 0 amide bonds. The van der Waals surface area contributed by atoms with Crippen LogP contribution >= 0.6 is 11.3 Å². The van der Waals surface area contributed by atoms with Crippen molar-refractivity contribution in [3.8, 4) is 21.7 Å². The van der Waals surface area contributed by atoms with Crippen molar-refractivity contribution in [3.63, 3.8) is 0 Å². The van der Waals surface area contributed by atoms with Crippen LogP contribution < -0.4 is 11.2 Å². The maximum Gasteiger partial charge on any atom is 0.191 e. The minimum Gasteiger partial charge on any atom is -0.383 e. The molecule has 3 N–H and O–H groups in total. The first-order valence-electron chi connectivity index (χ1n) is 5.72. The zero-order chi connectivity index (χ0) is 13.4. The van der Waals surface area contributed by atoms with Crippen LogP contribution in [-0.2, 0) is 7.05 Å². The fraction of sp³-hybridized carbons (Fsp3) is 0.0769. The number of nitrogen functional groups attached to an aromatic ring is 1. The predicted octanol–water partition coefficient (Wildman–Crippen LogP) is 2.09. The molecule has 3 rings (SSSR count). The molecule has 6 heteroatoms. The van der Waals surface area contributed by atoms with Gasteiger partial charge in [-0.05, 0) is 11.4 Å². The minimum atomic E-state index is -0.0744. The van der Waals surface area contributed by atoms with E-state index in [0.717, 1.165) is 10.4 Å². The molecule has 0 aromatic carbocycles. The summed E-state index contributed by atoms with van der Waals surface area (Å²) in [5.74, 6) is 0.556. The van der Waals surface area contributed by atoms with E-state index in [2.05, 4.69) is 10.1 Å². The van der Waals surface area contributed by atoms with Crippen molar-refractivity contribution in [2.75, 3.05) is 5.73 Å². The molecule has 3 aromatic rings. The van der Waals surface area contributed by atoms with Gasteiger partial charge in [0.2, 0.25) is 0 Å². The number of aromatic amines is 1. The third kappa shape index (κ3) is 1.86. The molecule has 0 aliphatic rings. The Morgan fingerprint density at radius 2 is 2.26 bits per heavy atom. The highest BCUT2D eigenvalue weighted by Crippen LogP contribution is 2.36. The molecule has 0 fully saturated rings. The number of nitrogens with zero attached hydrogens (tertiary/aromatic N) is 2. The maximum atomic E-state index is 12.0. The van der Waals surface area contributed by atoms with Gasteiger partial charge in [-0.2, -0.15) is 5.10 Å². The van der Waals surface area contributed by atoms with Crippen molar-refractivity contribution < 1.29 is 0 Å². The zero-order valence-corrected chi connectivity index (χ0v) is 11.1. The summed E-state index contributed by atoms with van der Waals surface area (Å²) in [6, 6.07) is 5.41. The molecule has 0 saturated heterocycles. The predicted molar refractivity (Wildman–Crippen MR) is 77.0 cm³/mol. The Kier molecular flexibility index (Phi) is 2.72. The number of hydrogen-bond acceptors (Lipinski definition) is 4. The highest BCUT2D eigenvalue weighted by Gasteiger charge is 2.19. The molecule has 0 aliphatic carbocycles. The van der Waals surface area contributed by atoms with E-state index in [4.69, 9.17) is 5.73 Å². The van der Waals surface area contributed by atoms with Crippen molar-refractivity contribution in [2.24, 2.45) is 7.05 Å². The summed E-state index contributed by atoms with van der Waals surface area (Å²) in [7, 11) is 1.77. The van der Waals surface area contributed by atoms with Crippen LogP contribution in [0.1, 0.15) is 0 Å². The van der Waals surface area contributed by atoms with E-state index in [9.17, 15) is 4.79 Å². The number of nitrogens with one attached hydrogen (secondary N) is 1. The molecule has 5 nitrogen and oxygen atoms in total. The Morgan fingerprint density at radius 1 is 1.42 bits per heavy atom. The molecule has 0 aliphatic heterocycles. The van der Waals surface area contributed by atoms with Gasteiger partial charge in [-0.15, -0.1) is 11.3 Å². The van der Waals surface area contributed by atoms with Crippen molar-refractivity contribution in [3.05, 3.63) is 46.2 Å². The summed E-state index contributed by atoms with van der Waals surface area (Å²) in [6.07, 6.45) is 3.25. The van der Waals surface area contributed by atoms with Gasteiger partial charge in [-0.1, -0.05) is 6.07 Å². The smallest absolute Gasteiger partial charge is 0.191 e. The van der Waals surface area contributed by atoms with Crippen LogP contribution in [0.5, 0.6) is 0 Å². The number of pyridine rings is 1. The number of thiophene rings is 1. The van der Waals surface area contributed by atoms with Gasteiger partial charge in [0.15, 0.2) is 5.43 Å². The Hall–Kier alpha value is -2.34. The standard InChI is InChI=1S/C13H12N4OS/c1-17-13(14)11(10-3-2-6-19-10)12(16-17)8-7-15-5-4-9(8)18/h2-7H,14H2,1H3,(H,15,18). The second-order valence-electron chi connectivity index (χ2n) is 4.13. The van der Waals surface area contributed by atoms with Crippen molar-refractivity contribution in [1.82, 2.24) is 14.8 Å². The van der Waals surface area contributed by atoms with Crippen LogP contribution in [0.4, 0.5) is 5.82 Å². The fourth-order valence-electron chi connectivity index (χ4n) is 1.99. The second kappa shape index (κ2) is 4.40. The molecule has 0 radical (unpaired) electrons. The van der Waals surface area contributed by atoms with Gasteiger partial charge >= 0.3 is 0 Å². The molecule has 3 heterocycles. The van der Waals surface area contributed by atoms with Crippen LogP contribution in [0.3, 0.4) is 0 Å². The van der Waals surface area contributed by atoms with Crippen molar-refractivity contribution in [1.29, 1.82) is 0 Å². The first kappa shape index (κ1) is 11.7.